The molecule has 0 saturated heterocycles. The van der Waals surface area contributed by atoms with Gasteiger partial charge in [-0.1, -0.05) is 36.4 Å². The molecule has 0 amide bonds. The number of nitriles is 1. The van der Waals surface area contributed by atoms with E-state index in [0.717, 1.165) is 34.4 Å². The fourth-order valence-electron chi connectivity index (χ4n) is 3.52. The number of aromatic nitrogens is 1. The first-order valence-electron chi connectivity index (χ1n) is 9.97. The van der Waals surface area contributed by atoms with E-state index >= 15 is 4.39 Å². The lowest BCUT2D eigenvalue weighted by atomic mass is 9.98. The van der Waals surface area contributed by atoms with Gasteiger partial charge in [-0.2, -0.15) is 5.26 Å². The van der Waals surface area contributed by atoms with Gasteiger partial charge in [-0.25, -0.2) is 4.39 Å². The molecule has 0 N–H and O–H groups in total. The van der Waals surface area contributed by atoms with E-state index in [1.807, 2.05) is 61.5 Å². The van der Waals surface area contributed by atoms with E-state index in [9.17, 15) is 0 Å². The summed E-state index contributed by atoms with van der Waals surface area (Å²) >= 11 is 0. The molecule has 0 unspecified atom stereocenters. The van der Waals surface area contributed by atoms with Gasteiger partial charge in [-0.05, 0) is 66.6 Å². The number of hydrogen-bond acceptors (Lipinski definition) is 3. The molecular formula is C26H21FN2O. The van der Waals surface area contributed by atoms with E-state index in [1.54, 1.807) is 18.3 Å². The fourth-order valence-corrected chi connectivity index (χ4v) is 3.52. The predicted octanol–water partition coefficient (Wildman–Crippen LogP) is 6.10. The highest BCUT2D eigenvalue weighted by molar-refractivity contribution is 5.88. The van der Waals surface area contributed by atoms with Crippen LogP contribution < -0.4 is 4.74 Å². The molecule has 30 heavy (non-hydrogen) atoms. The van der Waals surface area contributed by atoms with Gasteiger partial charge in [0.15, 0.2) is 0 Å². The molecule has 4 aromatic rings. The highest BCUT2D eigenvalue weighted by atomic mass is 19.1. The molecular weight excluding hydrogens is 375 g/mol. The standard InChI is InChI=1S/C26H21FN2O/c1-2-30-23-12-14-25(29-17-23)22-11-13-24-21(15-22)10-9-20(26(24)27)8-7-18-3-5-19(16-28)6-4-18/h3-6,9-15,17H,2,7-8H2,1H3. The Morgan fingerprint density at radius 2 is 1.80 bits per heavy atom. The van der Waals surface area contributed by atoms with Gasteiger partial charge in [0.05, 0.1) is 30.1 Å². The molecule has 0 atom stereocenters. The van der Waals surface area contributed by atoms with Gasteiger partial charge in [0, 0.05) is 10.9 Å². The molecule has 4 rings (SSSR count). The SMILES string of the molecule is CCOc1ccc(-c2ccc3c(F)c(CCc4ccc(C#N)cc4)ccc3c2)nc1. The average Bonchev–Trinajstić information content (AvgIpc) is 2.79. The van der Waals surface area contributed by atoms with Crippen LogP contribution in [-0.2, 0) is 12.8 Å². The first-order valence-corrected chi connectivity index (χ1v) is 9.97. The van der Waals surface area contributed by atoms with Crippen molar-refractivity contribution in [1.29, 1.82) is 5.26 Å². The molecule has 0 bridgehead atoms. The Balaban J connectivity index is 1.55. The van der Waals surface area contributed by atoms with Crippen molar-refractivity contribution < 1.29 is 9.13 Å². The number of ether oxygens (including phenoxy) is 1. The number of rotatable bonds is 6. The second-order valence-corrected chi connectivity index (χ2v) is 7.10. The van der Waals surface area contributed by atoms with Gasteiger partial charge in [-0.3, -0.25) is 4.98 Å². The third-order valence-corrected chi connectivity index (χ3v) is 5.14. The Morgan fingerprint density at radius 3 is 2.50 bits per heavy atom. The minimum absolute atomic E-state index is 0.174. The predicted molar refractivity (Wildman–Crippen MR) is 117 cm³/mol. The molecule has 0 aliphatic heterocycles. The van der Waals surface area contributed by atoms with Gasteiger partial charge in [0.2, 0.25) is 0 Å². The van der Waals surface area contributed by atoms with Crippen LogP contribution in [0.15, 0.2) is 72.9 Å². The maximum Gasteiger partial charge on any atom is 0.137 e. The highest BCUT2D eigenvalue weighted by Gasteiger charge is 2.10. The number of benzene rings is 3. The molecule has 0 aliphatic rings. The van der Waals surface area contributed by atoms with Gasteiger partial charge >= 0.3 is 0 Å². The van der Waals surface area contributed by atoms with Crippen LogP contribution in [0.25, 0.3) is 22.0 Å². The molecule has 0 saturated carbocycles. The number of fused-ring (bicyclic) bond motifs is 1. The molecule has 1 aromatic heterocycles. The Hall–Kier alpha value is -3.71. The van der Waals surface area contributed by atoms with Crippen LogP contribution in [-0.4, -0.2) is 11.6 Å². The summed E-state index contributed by atoms with van der Waals surface area (Å²) < 4.78 is 20.5. The molecule has 3 aromatic carbocycles. The van der Waals surface area contributed by atoms with Crippen LogP contribution in [0.2, 0.25) is 0 Å². The lowest BCUT2D eigenvalue weighted by Crippen LogP contribution is -1.96. The van der Waals surface area contributed by atoms with Crippen LogP contribution in [0.1, 0.15) is 23.6 Å². The smallest absolute Gasteiger partial charge is 0.137 e. The van der Waals surface area contributed by atoms with Crippen LogP contribution in [0.4, 0.5) is 4.39 Å². The Bertz CT molecular complexity index is 1210. The van der Waals surface area contributed by atoms with Crippen molar-refractivity contribution in [2.24, 2.45) is 0 Å². The second-order valence-electron chi connectivity index (χ2n) is 7.10. The number of aryl methyl sites for hydroxylation is 2. The largest absolute Gasteiger partial charge is 0.492 e. The highest BCUT2D eigenvalue weighted by Crippen LogP contribution is 2.28. The third-order valence-electron chi connectivity index (χ3n) is 5.14. The molecule has 4 heteroatoms. The lowest BCUT2D eigenvalue weighted by molar-refractivity contribution is 0.339. The van der Waals surface area contributed by atoms with E-state index in [0.29, 0.717) is 29.5 Å². The zero-order valence-electron chi connectivity index (χ0n) is 16.7. The maximum atomic E-state index is 15.1. The average molecular weight is 396 g/mol. The normalized spacial score (nSPS) is 10.7. The van der Waals surface area contributed by atoms with Gasteiger partial charge in [0.1, 0.15) is 11.6 Å². The summed E-state index contributed by atoms with van der Waals surface area (Å²) in [6.07, 6.45) is 3.04. The Morgan fingerprint density at radius 1 is 0.967 bits per heavy atom. The van der Waals surface area contributed by atoms with Crippen LogP contribution in [0, 0.1) is 17.1 Å². The zero-order chi connectivity index (χ0) is 20.9. The number of pyridine rings is 1. The van der Waals surface area contributed by atoms with Crippen molar-refractivity contribution in [3.8, 4) is 23.1 Å². The number of halogens is 1. The first-order chi connectivity index (χ1) is 14.7. The molecule has 0 spiro atoms. The summed E-state index contributed by atoms with van der Waals surface area (Å²) in [6, 6.07) is 22.9. The fraction of sp³-hybridized carbons (Fsp3) is 0.154. The van der Waals surface area contributed by atoms with Crippen molar-refractivity contribution in [1.82, 2.24) is 4.98 Å². The molecule has 0 radical (unpaired) electrons. The summed E-state index contributed by atoms with van der Waals surface area (Å²) in [5.41, 5.74) is 4.18. The molecule has 148 valence electrons. The van der Waals surface area contributed by atoms with Crippen molar-refractivity contribution in [3.63, 3.8) is 0 Å². The van der Waals surface area contributed by atoms with Crippen molar-refractivity contribution in [3.05, 3.63) is 95.4 Å². The number of hydrogen-bond donors (Lipinski definition) is 0. The number of nitrogens with zero attached hydrogens (tertiary/aromatic N) is 2. The van der Waals surface area contributed by atoms with Crippen LogP contribution in [0.3, 0.4) is 0 Å². The Labute approximate surface area is 175 Å². The van der Waals surface area contributed by atoms with Crippen LogP contribution in [0.5, 0.6) is 5.75 Å². The van der Waals surface area contributed by atoms with Gasteiger partial charge < -0.3 is 4.74 Å². The minimum atomic E-state index is -0.174. The van der Waals surface area contributed by atoms with E-state index in [1.165, 1.54) is 0 Å². The topological polar surface area (TPSA) is 45.9 Å². The van der Waals surface area contributed by atoms with Gasteiger partial charge in [-0.15, -0.1) is 0 Å². The molecule has 3 nitrogen and oxygen atoms in total. The van der Waals surface area contributed by atoms with Gasteiger partial charge in [0.25, 0.3) is 0 Å². The molecule has 0 aliphatic carbocycles. The van der Waals surface area contributed by atoms with Crippen molar-refractivity contribution in [2.75, 3.05) is 6.61 Å². The zero-order valence-corrected chi connectivity index (χ0v) is 16.7. The van der Waals surface area contributed by atoms with E-state index in [2.05, 4.69) is 11.1 Å². The summed E-state index contributed by atoms with van der Waals surface area (Å²) in [5.74, 6) is 0.562. The summed E-state index contributed by atoms with van der Waals surface area (Å²) in [6.45, 7) is 2.54. The van der Waals surface area contributed by atoms with Crippen molar-refractivity contribution >= 4 is 10.8 Å². The summed E-state index contributed by atoms with van der Waals surface area (Å²) in [4.78, 5) is 4.45. The maximum absolute atomic E-state index is 15.1. The van der Waals surface area contributed by atoms with E-state index in [-0.39, 0.29) is 5.82 Å². The first kappa shape index (κ1) is 19.6. The van der Waals surface area contributed by atoms with E-state index in [4.69, 9.17) is 10.00 Å². The minimum Gasteiger partial charge on any atom is -0.492 e. The second kappa shape index (κ2) is 8.75. The van der Waals surface area contributed by atoms with Crippen molar-refractivity contribution in [2.45, 2.75) is 19.8 Å². The summed E-state index contributed by atoms with van der Waals surface area (Å²) in [5, 5.41) is 10.4. The Kier molecular flexibility index (Phi) is 5.72. The summed E-state index contributed by atoms with van der Waals surface area (Å²) in [7, 11) is 0. The van der Waals surface area contributed by atoms with Crippen LogP contribution >= 0.6 is 0 Å². The monoisotopic (exact) mass is 396 g/mol. The lowest BCUT2D eigenvalue weighted by Gasteiger charge is -2.09. The molecule has 0 fully saturated rings. The quantitative estimate of drug-likeness (QED) is 0.396. The van der Waals surface area contributed by atoms with E-state index < -0.39 is 0 Å². The molecule has 1 heterocycles. The third kappa shape index (κ3) is 4.16.